The zero-order valence-corrected chi connectivity index (χ0v) is 12.5. The molecule has 0 saturated heterocycles. The van der Waals surface area contributed by atoms with E-state index < -0.39 is 0 Å². The van der Waals surface area contributed by atoms with Crippen LogP contribution in [0.15, 0.2) is 47.2 Å². The molecular formula is C15H13BrN4. The van der Waals surface area contributed by atoms with Crippen LogP contribution in [-0.4, -0.2) is 9.97 Å². The van der Waals surface area contributed by atoms with Crippen molar-refractivity contribution in [2.75, 3.05) is 11.1 Å². The summed E-state index contributed by atoms with van der Waals surface area (Å²) in [7, 11) is 0. The predicted octanol–water partition coefficient (Wildman–Crippen LogP) is 4.03. The van der Waals surface area contributed by atoms with E-state index in [1.165, 1.54) is 0 Å². The van der Waals surface area contributed by atoms with E-state index in [0.29, 0.717) is 5.69 Å². The lowest BCUT2D eigenvalue weighted by molar-refractivity contribution is 1.21. The first-order valence-electron chi connectivity index (χ1n) is 6.17. The van der Waals surface area contributed by atoms with Gasteiger partial charge in [-0.15, -0.1) is 0 Å². The summed E-state index contributed by atoms with van der Waals surface area (Å²) in [5.74, 6) is 0.753. The Morgan fingerprint density at radius 2 is 1.95 bits per heavy atom. The molecule has 100 valence electrons. The van der Waals surface area contributed by atoms with Gasteiger partial charge in [-0.2, -0.15) is 0 Å². The normalized spacial score (nSPS) is 10.7. The van der Waals surface area contributed by atoms with Gasteiger partial charge in [-0.1, -0.05) is 22.0 Å². The number of halogens is 1. The first-order chi connectivity index (χ1) is 9.63. The Balaban J connectivity index is 2.10. The Morgan fingerprint density at radius 1 is 1.10 bits per heavy atom. The lowest BCUT2D eigenvalue weighted by Gasteiger charge is -2.11. The molecule has 0 atom stereocenters. The third-order valence-electron chi connectivity index (χ3n) is 3.11. The molecule has 1 aromatic heterocycles. The van der Waals surface area contributed by atoms with Gasteiger partial charge in [-0.05, 0) is 42.8 Å². The smallest absolute Gasteiger partial charge is 0.141 e. The van der Waals surface area contributed by atoms with Gasteiger partial charge in [0.25, 0.3) is 0 Å². The molecule has 0 amide bonds. The van der Waals surface area contributed by atoms with E-state index >= 15 is 0 Å². The van der Waals surface area contributed by atoms with E-state index in [9.17, 15) is 0 Å². The Labute approximate surface area is 125 Å². The van der Waals surface area contributed by atoms with Crippen LogP contribution in [0.5, 0.6) is 0 Å². The van der Waals surface area contributed by atoms with Gasteiger partial charge in [0.05, 0.1) is 5.52 Å². The minimum atomic E-state index is 0.696. The van der Waals surface area contributed by atoms with Crippen LogP contribution in [0, 0.1) is 6.92 Å². The van der Waals surface area contributed by atoms with Crippen LogP contribution in [0.4, 0.5) is 17.2 Å². The highest BCUT2D eigenvalue weighted by Crippen LogP contribution is 2.28. The van der Waals surface area contributed by atoms with Crippen molar-refractivity contribution in [3.63, 3.8) is 0 Å². The molecule has 0 fully saturated rings. The van der Waals surface area contributed by atoms with Crippen LogP contribution in [0.2, 0.25) is 0 Å². The second-order valence-corrected chi connectivity index (χ2v) is 5.50. The summed E-state index contributed by atoms with van der Waals surface area (Å²) in [6, 6.07) is 11.7. The summed E-state index contributed by atoms with van der Waals surface area (Å²) in [4.78, 5) is 8.57. The summed E-state index contributed by atoms with van der Waals surface area (Å²) in [6.07, 6.45) is 1.55. The van der Waals surface area contributed by atoms with Crippen molar-refractivity contribution in [2.45, 2.75) is 6.92 Å². The van der Waals surface area contributed by atoms with E-state index in [2.05, 4.69) is 31.2 Å². The molecule has 0 radical (unpaired) electrons. The first kappa shape index (κ1) is 12.9. The van der Waals surface area contributed by atoms with Crippen molar-refractivity contribution in [3.8, 4) is 0 Å². The van der Waals surface area contributed by atoms with Gasteiger partial charge in [-0.25, -0.2) is 9.97 Å². The fraction of sp³-hybridized carbons (Fsp3) is 0.0667. The molecule has 3 aromatic rings. The molecule has 1 heterocycles. The molecule has 0 saturated carbocycles. The molecule has 0 spiro atoms. The second-order valence-electron chi connectivity index (χ2n) is 4.58. The van der Waals surface area contributed by atoms with Gasteiger partial charge < -0.3 is 11.1 Å². The summed E-state index contributed by atoms with van der Waals surface area (Å²) in [5.41, 5.74) is 9.55. The molecule has 3 N–H and O–H groups in total. The van der Waals surface area contributed by atoms with Crippen LogP contribution >= 0.6 is 15.9 Å². The predicted molar refractivity (Wildman–Crippen MR) is 86.1 cm³/mol. The van der Waals surface area contributed by atoms with Crippen LogP contribution in [0.25, 0.3) is 10.9 Å². The minimum Gasteiger partial charge on any atom is -0.399 e. The average molecular weight is 329 g/mol. The maximum absolute atomic E-state index is 5.85. The largest absolute Gasteiger partial charge is 0.399 e. The fourth-order valence-electron chi connectivity index (χ4n) is 2.03. The topological polar surface area (TPSA) is 63.8 Å². The van der Waals surface area contributed by atoms with Gasteiger partial charge in [0, 0.05) is 21.2 Å². The summed E-state index contributed by atoms with van der Waals surface area (Å²) >= 11 is 3.48. The lowest BCUT2D eigenvalue weighted by atomic mass is 10.2. The number of rotatable bonds is 2. The maximum Gasteiger partial charge on any atom is 0.141 e. The molecule has 0 aliphatic heterocycles. The summed E-state index contributed by atoms with van der Waals surface area (Å²) in [5, 5.41) is 4.26. The van der Waals surface area contributed by atoms with Crippen molar-refractivity contribution in [1.29, 1.82) is 0 Å². The third-order valence-corrected chi connectivity index (χ3v) is 3.61. The standard InChI is InChI=1S/C15H13BrN4/c1-9-2-3-10(16)6-14(9)20-15-12-7-11(17)4-5-13(12)18-8-19-15/h2-8H,17H2,1H3,(H,18,19,20). The van der Waals surface area contributed by atoms with Gasteiger partial charge in [-0.3, -0.25) is 0 Å². The average Bonchev–Trinajstić information content (AvgIpc) is 2.43. The zero-order valence-electron chi connectivity index (χ0n) is 10.9. The van der Waals surface area contributed by atoms with Crippen molar-refractivity contribution < 1.29 is 0 Å². The van der Waals surface area contributed by atoms with Crippen molar-refractivity contribution in [2.24, 2.45) is 0 Å². The van der Waals surface area contributed by atoms with Gasteiger partial charge in [0.1, 0.15) is 12.1 Å². The number of anilines is 3. The SMILES string of the molecule is Cc1ccc(Br)cc1Nc1ncnc2ccc(N)cc12. The highest BCUT2D eigenvalue weighted by Gasteiger charge is 2.06. The third kappa shape index (κ3) is 2.44. The fourth-order valence-corrected chi connectivity index (χ4v) is 2.39. The molecule has 0 aliphatic rings. The summed E-state index contributed by atoms with van der Waals surface area (Å²) < 4.78 is 1.02. The molecule has 20 heavy (non-hydrogen) atoms. The number of nitrogens with two attached hydrogens (primary N) is 1. The lowest BCUT2D eigenvalue weighted by Crippen LogP contribution is -1.98. The van der Waals surface area contributed by atoms with E-state index in [1.54, 1.807) is 6.33 Å². The van der Waals surface area contributed by atoms with E-state index in [0.717, 1.165) is 32.4 Å². The van der Waals surface area contributed by atoms with Gasteiger partial charge in [0.15, 0.2) is 0 Å². The van der Waals surface area contributed by atoms with E-state index in [1.807, 2.05) is 43.3 Å². The Kier molecular flexibility index (Phi) is 3.28. The van der Waals surface area contributed by atoms with Gasteiger partial charge in [0.2, 0.25) is 0 Å². The Hall–Kier alpha value is -2.14. The van der Waals surface area contributed by atoms with E-state index in [-0.39, 0.29) is 0 Å². The highest BCUT2D eigenvalue weighted by molar-refractivity contribution is 9.10. The molecule has 2 aromatic carbocycles. The molecule has 0 unspecified atom stereocenters. The number of aryl methyl sites for hydroxylation is 1. The minimum absolute atomic E-state index is 0.696. The first-order valence-corrected chi connectivity index (χ1v) is 6.96. The number of benzene rings is 2. The van der Waals surface area contributed by atoms with Crippen LogP contribution in [0.3, 0.4) is 0 Å². The van der Waals surface area contributed by atoms with Crippen molar-refractivity contribution in [1.82, 2.24) is 9.97 Å². The maximum atomic E-state index is 5.85. The van der Waals surface area contributed by atoms with Crippen LogP contribution in [-0.2, 0) is 0 Å². The van der Waals surface area contributed by atoms with Crippen molar-refractivity contribution in [3.05, 3.63) is 52.8 Å². The number of hydrogen-bond donors (Lipinski definition) is 2. The quantitative estimate of drug-likeness (QED) is 0.697. The zero-order chi connectivity index (χ0) is 14.1. The number of nitrogen functional groups attached to an aromatic ring is 1. The molecule has 0 aliphatic carbocycles. The summed E-state index contributed by atoms with van der Waals surface area (Å²) in [6.45, 7) is 2.05. The Morgan fingerprint density at radius 3 is 2.80 bits per heavy atom. The molecule has 4 nitrogen and oxygen atoms in total. The molecule has 5 heteroatoms. The monoisotopic (exact) mass is 328 g/mol. The van der Waals surface area contributed by atoms with Crippen LogP contribution in [0.1, 0.15) is 5.56 Å². The van der Waals surface area contributed by atoms with E-state index in [4.69, 9.17) is 5.73 Å². The Bertz CT molecular complexity index is 786. The number of nitrogens with one attached hydrogen (secondary N) is 1. The number of nitrogens with zero attached hydrogens (tertiary/aromatic N) is 2. The van der Waals surface area contributed by atoms with Gasteiger partial charge >= 0.3 is 0 Å². The number of fused-ring (bicyclic) bond motifs is 1. The molecule has 3 rings (SSSR count). The number of aromatic nitrogens is 2. The molecular weight excluding hydrogens is 316 g/mol. The van der Waals surface area contributed by atoms with Crippen LogP contribution < -0.4 is 11.1 Å². The van der Waals surface area contributed by atoms with Crippen molar-refractivity contribution >= 4 is 44.0 Å². The second kappa shape index (κ2) is 5.09. The molecule has 0 bridgehead atoms. The highest BCUT2D eigenvalue weighted by atomic mass is 79.9. The number of hydrogen-bond acceptors (Lipinski definition) is 4.